The summed E-state index contributed by atoms with van der Waals surface area (Å²) in [6, 6.07) is 173. The van der Waals surface area contributed by atoms with Crippen LogP contribution in [-0.4, -0.2) is 23.1 Å². The summed E-state index contributed by atoms with van der Waals surface area (Å²) in [6.07, 6.45) is 0. The first-order valence-electron chi connectivity index (χ1n) is 46.4. The molecule has 0 aromatic heterocycles. The van der Waals surface area contributed by atoms with E-state index in [2.05, 4.69) is 416 Å². The maximum Gasteiger partial charge on any atom is 0.193 e. The van der Waals surface area contributed by atoms with Crippen LogP contribution in [0.3, 0.4) is 0 Å². The minimum atomic E-state index is 0.0164. The van der Waals surface area contributed by atoms with E-state index in [9.17, 15) is 19.2 Å². The summed E-state index contributed by atoms with van der Waals surface area (Å²) in [5.41, 5.74) is 24.2. The van der Waals surface area contributed by atoms with Gasteiger partial charge in [-0.25, -0.2) is 0 Å². The highest BCUT2D eigenvalue weighted by molar-refractivity contribution is 9.11. The van der Waals surface area contributed by atoms with E-state index in [1.807, 2.05) is 158 Å². The van der Waals surface area contributed by atoms with Gasteiger partial charge in [-0.05, 0) is 260 Å². The van der Waals surface area contributed by atoms with Crippen LogP contribution in [0.5, 0.6) is 0 Å². The summed E-state index contributed by atoms with van der Waals surface area (Å²) in [4.78, 5) is 52.8. The van der Waals surface area contributed by atoms with E-state index in [0.29, 0.717) is 44.5 Å². The van der Waals surface area contributed by atoms with Crippen molar-refractivity contribution in [3.8, 4) is 89.0 Å². The smallest absolute Gasteiger partial charge is 0.193 e. The molecule has 0 N–H and O–H groups in total. The van der Waals surface area contributed by atoms with Gasteiger partial charge >= 0.3 is 0 Å². The van der Waals surface area contributed by atoms with E-state index < -0.39 is 0 Å². The molecular formula is C132H84Br4O4. The number of benzene rings is 24. The number of halogens is 4. The molecule has 24 aromatic rings. The van der Waals surface area contributed by atoms with E-state index >= 15 is 0 Å². The van der Waals surface area contributed by atoms with Crippen molar-refractivity contribution in [1.29, 1.82) is 0 Å². The maximum atomic E-state index is 13.5. The number of carbonyl (C=O) groups excluding carboxylic acids is 4. The Morgan fingerprint density at radius 2 is 0.286 bits per heavy atom. The van der Waals surface area contributed by atoms with Crippen LogP contribution in [0, 0.1) is 0 Å². The summed E-state index contributed by atoms with van der Waals surface area (Å²) in [5, 5.41) is 19.1. The van der Waals surface area contributed by atoms with Gasteiger partial charge in [-0.3, -0.25) is 19.2 Å². The third-order valence-electron chi connectivity index (χ3n) is 26.1. The Kier molecular flexibility index (Phi) is 26.3. The first kappa shape index (κ1) is 90.4. The Morgan fingerprint density at radius 3 is 0.543 bits per heavy atom. The van der Waals surface area contributed by atoms with Crippen molar-refractivity contribution in [2.75, 3.05) is 0 Å². The fourth-order valence-corrected chi connectivity index (χ4v) is 21.1. The van der Waals surface area contributed by atoms with Crippen molar-refractivity contribution in [2.24, 2.45) is 0 Å². The lowest BCUT2D eigenvalue weighted by atomic mass is 9.85. The second-order valence-electron chi connectivity index (χ2n) is 34.5. The van der Waals surface area contributed by atoms with E-state index in [0.717, 1.165) is 62.0 Å². The molecule has 0 heterocycles. The van der Waals surface area contributed by atoms with Gasteiger partial charge in [-0.1, -0.05) is 488 Å². The normalized spacial score (nSPS) is 11.1. The number of hydrogen-bond donors (Lipinski definition) is 0. The summed E-state index contributed by atoms with van der Waals surface area (Å²) >= 11 is 13.8. The number of fused-ring (bicyclic) bond motifs is 8. The summed E-state index contributed by atoms with van der Waals surface area (Å²) in [6.45, 7) is 0. The molecule has 0 saturated carbocycles. The molecule has 8 heteroatoms. The summed E-state index contributed by atoms with van der Waals surface area (Å²) in [5.74, 6) is 0.0840. The van der Waals surface area contributed by atoms with Crippen LogP contribution < -0.4 is 0 Å². The summed E-state index contributed by atoms with van der Waals surface area (Å²) in [7, 11) is 0. The average molecular weight is 2050 g/mol. The maximum absolute atomic E-state index is 13.5. The third-order valence-corrected chi connectivity index (χ3v) is 28.1. The van der Waals surface area contributed by atoms with Gasteiger partial charge in [0.1, 0.15) is 0 Å². The molecule has 0 spiro atoms. The Morgan fingerprint density at radius 1 is 0.114 bits per heavy atom. The molecule has 24 rings (SSSR count). The lowest BCUT2D eigenvalue weighted by molar-refractivity contribution is 0.103. The largest absolute Gasteiger partial charge is 0.289 e. The van der Waals surface area contributed by atoms with Crippen LogP contribution in [0.2, 0.25) is 0 Å². The molecule has 24 aromatic carbocycles. The third kappa shape index (κ3) is 18.3. The fourth-order valence-electron chi connectivity index (χ4n) is 19.7. The topological polar surface area (TPSA) is 68.3 Å². The molecule has 0 aliphatic rings. The van der Waals surface area contributed by atoms with Crippen LogP contribution >= 0.6 is 63.7 Å². The van der Waals surface area contributed by atoms with Crippen molar-refractivity contribution in [1.82, 2.24) is 0 Å². The van der Waals surface area contributed by atoms with Crippen LogP contribution in [0.25, 0.3) is 175 Å². The Labute approximate surface area is 845 Å². The van der Waals surface area contributed by atoms with E-state index in [1.54, 1.807) is 0 Å². The minimum Gasteiger partial charge on any atom is -0.289 e. The Hall–Kier alpha value is -16.0. The zero-order valence-electron chi connectivity index (χ0n) is 75.6. The lowest BCUT2D eigenvalue weighted by Gasteiger charge is -2.18. The Balaban J connectivity index is 0.000000111. The van der Waals surface area contributed by atoms with Gasteiger partial charge in [0.05, 0.1) is 0 Å². The quantitative estimate of drug-likeness (QED) is 0.0714. The van der Waals surface area contributed by atoms with E-state index in [-0.39, 0.29) is 23.1 Å². The molecule has 664 valence electrons. The number of rotatable bonds is 16. The van der Waals surface area contributed by atoms with Crippen molar-refractivity contribution in [3.05, 3.63) is 572 Å². The standard InChI is InChI=1S/4C33H21BrO/c34-26-18-15-24(16-19-26)33(35)25-17-20-29-30(21-25)32(23-11-5-2-6-12-23)28-14-8-7-13-27(28)31(29)22-9-3-1-4-10-22;34-26-15-9-14-25(21-26)33(35)24-13-8-12-23(20-24)32-29-18-6-4-16-27(29)31(22-10-2-1-3-11-22)28-17-5-7-19-30(28)32;34-26-12-8-11-25(21-26)33(35)24-19-17-23(18-20-24)32-29-15-6-4-13-27(29)31(22-9-2-1-3-10-22)28-14-5-7-16-30(28)32;34-26-20-18-25(19-21-26)33(35)24-16-14-23(15-17-24)32-29-12-6-4-10-27(29)31(22-8-2-1-3-9-22)28-11-5-7-13-30(28)32/h4*1-21H. The molecule has 0 unspecified atom stereocenters. The highest BCUT2D eigenvalue weighted by Gasteiger charge is 2.25. The van der Waals surface area contributed by atoms with Gasteiger partial charge < -0.3 is 0 Å². The van der Waals surface area contributed by atoms with E-state index in [4.69, 9.17) is 0 Å². The van der Waals surface area contributed by atoms with Gasteiger partial charge in [-0.15, -0.1) is 0 Å². The molecule has 0 amide bonds. The second-order valence-corrected chi connectivity index (χ2v) is 38.2. The molecule has 140 heavy (non-hydrogen) atoms. The first-order valence-corrected chi connectivity index (χ1v) is 49.6. The lowest BCUT2D eigenvalue weighted by Crippen LogP contribution is -2.01. The SMILES string of the molecule is O=C(c1ccc(-c2c3ccccc3c(-c3ccccc3)c3ccccc23)cc1)c1cccc(Br)c1.O=C(c1ccc(Br)cc1)c1ccc(-c2c3ccccc3c(-c3ccccc3)c3ccccc23)cc1.O=C(c1ccc(Br)cc1)c1ccc2c(-c3ccccc3)c3ccccc3c(-c3ccccc3)c2c1.O=C(c1cccc(Br)c1)c1cccc(-c2c3ccccc3c(-c3ccccc3)c3ccccc23)c1. The zero-order valence-corrected chi connectivity index (χ0v) is 82.0. The monoisotopic (exact) mass is 2050 g/mol. The fraction of sp³-hybridized carbons (Fsp3) is 0. The molecule has 0 atom stereocenters. The molecule has 0 radical (unpaired) electrons. The second kappa shape index (κ2) is 40.7. The van der Waals surface area contributed by atoms with Crippen molar-refractivity contribution in [3.63, 3.8) is 0 Å². The van der Waals surface area contributed by atoms with Crippen molar-refractivity contribution < 1.29 is 19.2 Å². The van der Waals surface area contributed by atoms with Gasteiger partial charge in [0.25, 0.3) is 0 Å². The van der Waals surface area contributed by atoms with Crippen LogP contribution in [0.1, 0.15) is 63.7 Å². The zero-order chi connectivity index (χ0) is 95.1. The van der Waals surface area contributed by atoms with Crippen molar-refractivity contribution >= 4 is 173 Å². The van der Waals surface area contributed by atoms with Gasteiger partial charge in [0, 0.05) is 62.4 Å². The minimum absolute atomic E-state index is 0.0164. The van der Waals surface area contributed by atoms with Gasteiger partial charge in [-0.2, -0.15) is 0 Å². The van der Waals surface area contributed by atoms with Crippen LogP contribution in [-0.2, 0) is 0 Å². The molecule has 0 fully saturated rings. The molecule has 0 saturated heterocycles. The number of ketones is 4. The molecule has 0 aliphatic carbocycles. The predicted octanol–water partition coefficient (Wildman–Crippen LogP) is 37.3. The van der Waals surface area contributed by atoms with Crippen LogP contribution in [0.15, 0.2) is 527 Å². The number of hydrogen-bond acceptors (Lipinski definition) is 4. The summed E-state index contributed by atoms with van der Waals surface area (Å²) < 4.78 is 3.71. The molecule has 0 bridgehead atoms. The average Bonchev–Trinajstić information content (AvgIpc) is 0.756. The van der Waals surface area contributed by atoms with Gasteiger partial charge in [0.15, 0.2) is 23.1 Å². The molecule has 0 aliphatic heterocycles. The molecule has 4 nitrogen and oxygen atoms in total. The van der Waals surface area contributed by atoms with E-state index in [1.165, 1.54) is 131 Å². The predicted molar refractivity (Wildman–Crippen MR) is 600 cm³/mol. The Bertz CT molecular complexity index is 8680. The number of carbonyl (C=O) groups is 4. The first-order chi connectivity index (χ1) is 68.8. The highest BCUT2D eigenvalue weighted by Crippen LogP contribution is 2.50. The van der Waals surface area contributed by atoms with Crippen molar-refractivity contribution in [2.45, 2.75) is 0 Å². The van der Waals surface area contributed by atoms with Crippen LogP contribution in [0.4, 0.5) is 0 Å². The molecular weight excluding hydrogens is 1970 g/mol. The van der Waals surface area contributed by atoms with Gasteiger partial charge in [0.2, 0.25) is 0 Å². The highest BCUT2D eigenvalue weighted by atomic mass is 79.9.